The molecule has 1 aliphatic rings. The fraction of sp³-hybridized carbons (Fsp3) is 0.0333. The van der Waals surface area contributed by atoms with E-state index in [0.29, 0.717) is 33.3 Å². The van der Waals surface area contributed by atoms with Crippen molar-refractivity contribution < 1.29 is 19.1 Å². The van der Waals surface area contributed by atoms with Gasteiger partial charge in [0.1, 0.15) is 16.4 Å². The van der Waals surface area contributed by atoms with Crippen LogP contribution in [0.15, 0.2) is 125 Å². The van der Waals surface area contributed by atoms with E-state index in [1.807, 2.05) is 18.2 Å². The summed E-state index contributed by atoms with van der Waals surface area (Å²) in [6.07, 6.45) is 0. The molecule has 2 N–H and O–H groups in total. The summed E-state index contributed by atoms with van der Waals surface area (Å²) in [7, 11) is 1.58. The van der Waals surface area contributed by atoms with Crippen LogP contribution in [0.4, 0.5) is 17.1 Å². The molecule has 1 heterocycles. The van der Waals surface area contributed by atoms with Crippen LogP contribution in [0.5, 0.6) is 5.75 Å². The molecule has 1 aliphatic heterocycles. The molecule has 0 aromatic heterocycles. The van der Waals surface area contributed by atoms with Gasteiger partial charge in [0.25, 0.3) is 17.7 Å². The third-order valence-corrected chi connectivity index (χ3v) is 6.84. The Kier molecular flexibility index (Phi) is 7.24. The van der Waals surface area contributed by atoms with Gasteiger partial charge in [0.2, 0.25) is 0 Å². The highest BCUT2D eigenvalue weighted by Gasteiger charge is 2.40. The van der Waals surface area contributed by atoms with Crippen molar-refractivity contribution >= 4 is 46.5 Å². The van der Waals surface area contributed by atoms with Gasteiger partial charge >= 0.3 is 0 Å². The highest BCUT2D eigenvalue weighted by molar-refractivity contribution is 8.04. The normalized spacial score (nSPS) is 13.0. The van der Waals surface area contributed by atoms with Gasteiger partial charge in [-0.1, -0.05) is 54.2 Å². The van der Waals surface area contributed by atoms with Gasteiger partial charge in [0.15, 0.2) is 0 Å². The largest absolute Gasteiger partial charge is 0.497 e. The standard InChI is InChI=1S/C30H23N3O4S/c1-37-24-17-15-21(16-18-24)31-26-27(30(36)33(29(26)35)23-12-6-3-7-13-23)38-25-14-8-11-22(19-25)32-28(34)20-9-4-2-5-10-20/h2-19,31H,1H3,(H,32,34). The third-order valence-electron chi connectivity index (χ3n) is 5.76. The number of methoxy groups -OCH3 is 1. The molecule has 8 heteroatoms. The molecule has 0 saturated heterocycles. The van der Waals surface area contributed by atoms with Crippen molar-refractivity contribution in [3.05, 3.63) is 125 Å². The van der Waals surface area contributed by atoms with Gasteiger partial charge < -0.3 is 15.4 Å². The third kappa shape index (κ3) is 5.30. The molecule has 0 saturated carbocycles. The number of anilines is 3. The van der Waals surface area contributed by atoms with Crippen molar-refractivity contribution in [2.24, 2.45) is 0 Å². The fourth-order valence-corrected chi connectivity index (χ4v) is 4.88. The number of hydrogen-bond donors (Lipinski definition) is 2. The van der Waals surface area contributed by atoms with Crippen LogP contribution in [-0.2, 0) is 9.59 Å². The van der Waals surface area contributed by atoms with Crippen molar-refractivity contribution in [3.63, 3.8) is 0 Å². The summed E-state index contributed by atoms with van der Waals surface area (Å²) in [6.45, 7) is 0. The Morgan fingerprint density at radius 2 is 1.45 bits per heavy atom. The number of amides is 3. The van der Waals surface area contributed by atoms with E-state index in [1.165, 1.54) is 0 Å². The molecular formula is C30H23N3O4S. The monoisotopic (exact) mass is 521 g/mol. The number of nitrogens with zero attached hydrogens (tertiary/aromatic N) is 1. The lowest BCUT2D eigenvalue weighted by Gasteiger charge is -2.15. The fourth-order valence-electron chi connectivity index (χ4n) is 3.89. The summed E-state index contributed by atoms with van der Waals surface area (Å²) in [6, 6.07) is 32.0. The first kappa shape index (κ1) is 24.9. The number of thioether (sulfide) groups is 1. The highest BCUT2D eigenvalue weighted by Crippen LogP contribution is 2.38. The molecular weight excluding hydrogens is 498 g/mol. The number of imide groups is 1. The predicted molar refractivity (Wildman–Crippen MR) is 149 cm³/mol. The second-order valence-electron chi connectivity index (χ2n) is 8.29. The molecule has 4 aromatic rings. The average Bonchev–Trinajstić information content (AvgIpc) is 3.18. The first-order valence-corrected chi connectivity index (χ1v) is 12.6. The van der Waals surface area contributed by atoms with Crippen LogP contribution in [0.25, 0.3) is 0 Å². The smallest absolute Gasteiger partial charge is 0.283 e. The van der Waals surface area contributed by atoms with E-state index in [2.05, 4.69) is 10.6 Å². The van der Waals surface area contributed by atoms with E-state index >= 15 is 0 Å². The first-order valence-electron chi connectivity index (χ1n) is 11.8. The number of carbonyl (C=O) groups is 3. The van der Waals surface area contributed by atoms with Crippen LogP contribution >= 0.6 is 11.8 Å². The highest BCUT2D eigenvalue weighted by atomic mass is 32.2. The molecule has 0 fully saturated rings. The summed E-state index contributed by atoms with van der Waals surface area (Å²) < 4.78 is 5.22. The van der Waals surface area contributed by atoms with Crippen LogP contribution in [0, 0.1) is 0 Å². The molecule has 0 bridgehead atoms. The quantitative estimate of drug-likeness (QED) is 0.279. The Morgan fingerprint density at radius 1 is 0.763 bits per heavy atom. The van der Waals surface area contributed by atoms with E-state index in [-0.39, 0.29) is 16.5 Å². The Morgan fingerprint density at radius 3 is 2.13 bits per heavy atom. The molecule has 0 radical (unpaired) electrons. The zero-order chi connectivity index (χ0) is 26.5. The van der Waals surface area contributed by atoms with Gasteiger partial charge in [0, 0.05) is 21.8 Å². The van der Waals surface area contributed by atoms with Crippen LogP contribution in [0.2, 0.25) is 0 Å². The minimum absolute atomic E-state index is 0.174. The van der Waals surface area contributed by atoms with Crippen molar-refractivity contribution in [2.45, 2.75) is 4.90 Å². The Bertz CT molecular complexity index is 1520. The molecule has 0 unspecified atom stereocenters. The van der Waals surface area contributed by atoms with Crippen LogP contribution in [-0.4, -0.2) is 24.8 Å². The van der Waals surface area contributed by atoms with Gasteiger partial charge in [-0.15, -0.1) is 0 Å². The van der Waals surface area contributed by atoms with Gasteiger partial charge in [0.05, 0.1) is 12.8 Å². The molecule has 5 rings (SSSR count). The maximum atomic E-state index is 13.6. The lowest BCUT2D eigenvalue weighted by Crippen LogP contribution is -2.32. The van der Waals surface area contributed by atoms with Gasteiger partial charge in [-0.2, -0.15) is 0 Å². The minimum atomic E-state index is -0.451. The second-order valence-corrected chi connectivity index (χ2v) is 9.37. The average molecular weight is 522 g/mol. The lowest BCUT2D eigenvalue weighted by atomic mass is 10.2. The van der Waals surface area contributed by atoms with Crippen LogP contribution in [0.3, 0.4) is 0 Å². The van der Waals surface area contributed by atoms with E-state index in [9.17, 15) is 14.4 Å². The number of benzene rings is 4. The summed E-state index contributed by atoms with van der Waals surface area (Å²) in [5.74, 6) is -0.446. The van der Waals surface area contributed by atoms with Crippen molar-refractivity contribution in [3.8, 4) is 5.75 Å². The van der Waals surface area contributed by atoms with Crippen molar-refractivity contribution in [1.29, 1.82) is 0 Å². The number of ether oxygens (including phenoxy) is 1. The topological polar surface area (TPSA) is 87.7 Å². The number of para-hydroxylation sites is 1. The number of nitrogens with one attached hydrogen (secondary N) is 2. The molecule has 3 amide bonds. The molecule has 0 aliphatic carbocycles. The second kappa shape index (κ2) is 11.1. The Labute approximate surface area is 224 Å². The van der Waals surface area contributed by atoms with Gasteiger partial charge in [-0.3, -0.25) is 14.4 Å². The molecule has 4 aromatic carbocycles. The first-order chi connectivity index (χ1) is 18.5. The summed E-state index contributed by atoms with van der Waals surface area (Å²) in [4.78, 5) is 41.8. The van der Waals surface area contributed by atoms with E-state index in [4.69, 9.17) is 4.74 Å². The van der Waals surface area contributed by atoms with Crippen LogP contribution in [0.1, 0.15) is 10.4 Å². The predicted octanol–water partition coefficient (Wildman–Crippen LogP) is 5.94. The number of carbonyl (C=O) groups excluding carboxylic acids is 3. The van der Waals surface area contributed by atoms with Gasteiger partial charge in [-0.05, 0) is 66.7 Å². The van der Waals surface area contributed by atoms with Gasteiger partial charge in [-0.25, -0.2) is 4.90 Å². The number of rotatable bonds is 8. The van der Waals surface area contributed by atoms with E-state index in [1.54, 1.807) is 98.1 Å². The number of hydrogen-bond acceptors (Lipinski definition) is 6. The molecule has 0 atom stereocenters. The summed E-state index contributed by atoms with van der Waals surface area (Å²) in [5.41, 5.74) is 2.41. The van der Waals surface area contributed by atoms with Crippen molar-refractivity contribution in [2.75, 3.05) is 22.6 Å². The molecule has 188 valence electrons. The zero-order valence-electron chi connectivity index (χ0n) is 20.4. The Balaban J connectivity index is 1.45. The SMILES string of the molecule is COc1ccc(NC2=C(Sc3cccc(NC(=O)c4ccccc4)c3)C(=O)N(c3ccccc3)C2=O)cc1. The summed E-state index contributed by atoms with van der Waals surface area (Å²) in [5, 5.41) is 6.01. The van der Waals surface area contributed by atoms with Crippen molar-refractivity contribution in [1.82, 2.24) is 0 Å². The molecule has 7 nitrogen and oxygen atoms in total. The minimum Gasteiger partial charge on any atom is -0.497 e. The maximum absolute atomic E-state index is 13.6. The van der Waals surface area contributed by atoms with Crippen LogP contribution < -0.4 is 20.3 Å². The molecule has 38 heavy (non-hydrogen) atoms. The Hall–Kier alpha value is -4.82. The molecule has 0 spiro atoms. The van der Waals surface area contributed by atoms with E-state index in [0.717, 1.165) is 16.7 Å². The zero-order valence-corrected chi connectivity index (χ0v) is 21.2. The van der Waals surface area contributed by atoms with E-state index < -0.39 is 11.8 Å². The maximum Gasteiger partial charge on any atom is 0.283 e. The summed E-state index contributed by atoms with van der Waals surface area (Å²) >= 11 is 1.16. The lowest BCUT2D eigenvalue weighted by molar-refractivity contribution is -0.120.